The highest BCUT2D eigenvalue weighted by molar-refractivity contribution is 5.97. The molecule has 0 unspecified atom stereocenters. The van der Waals surface area contributed by atoms with Crippen molar-refractivity contribution in [3.63, 3.8) is 0 Å². The molecule has 0 aliphatic heterocycles. The molecule has 0 fully saturated rings. The zero-order chi connectivity index (χ0) is 14.5. The van der Waals surface area contributed by atoms with Crippen LogP contribution in [0.15, 0.2) is 42.5 Å². The third kappa shape index (κ3) is 3.35. The Morgan fingerprint density at radius 2 is 2.00 bits per heavy atom. The van der Waals surface area contributed by atoms with Crippen LogP contribution < -0.4 is 9.47 Å². The Morgan fingerprint density at radius 3 is 2.75 bits per heavy atom. The van der Waals surface area contributed by atoms with Crippen molar-refractivity contribution < 1.29 is 18.7 Å². The van der Waals surface area contributed by atoms with Gasteiger partial charge in [0.05, 0.1) is 7.11 Å². The Hall–Kier alpha value is -2.36. The summed E-state index contributed by atoms with van der Waals surface area (Å²) in [6.45, 7) is 1.61. The van der Waals surface area contributed by atoms with E-state index in [0.717, 1.165) is 5.56 Å². The van der Waals surface area contributed by atoms with Crippen molar-refractivity contribution in [2.75, 3.05) is 13.7 Å². The third-order valence-corrected chi connectivity index (χ3v) is 2.84. The maximum Gasteiger partial charge on any atom is 0.200 e. The molecule has 0 amide bonds. The zero-order valence-electron chi connectivity index (χ0n) is 11.4. The maximum atomic E-state index is 13.5. The first-order chi connectivity index (χ1) is 9.60. The van der Waals surface area contributed by atoms with Crippen LogP contribution in [0.25, 0.3) is 0 Å². The summed E-state index contributed by atoms with van der Waals surface area (Å²) in [7, 11) is 1.53. The van der Waals surface area contributed by atoms with Gasteiger partial charge in [0, 0.05) is 5.56 Å². The average molecular weight is 274 g/mol. The largest absolute Gasteiger partial charge is 0.497 e. The minimum absolute atomic E-state index is 0.0845. The van der Waals surface area contributed by atoms with Gasteiger partial charge in [-0.05, 0) is 36.8 Å². The average Bonchev–Trinajstić information content (AvgIpc) is 2.48. The van der Waals surface area contributed by atoms with Gasteiger partial charge in [0.1, 0.15) is 5.75 Å². The Bertz CT molecular complexity index is 623. The molecule has 0 spiro atoms. The first-order valence-corrected chi connectivity index (χ1v) is 6.16. The van der Waals surface area contributed by atoms with Gasteiger partial charge in [-0.15, -0.1) is 0 Å². The number of rotatable bonds is 5. The first kappa shape index (κ1) is 14.1. The van der Waals surface area contributed by atoms with Gasteiger partial charge in [-0.25, -0.2) is 4.39 Å². The molecule has 2 aromatic rings. The second-order valence-electron chi connectivity index (χ2n) is 4.38. The summed E-state index contributed by atoms with van der Waals surface area (Å²) in [5.41, 5.74) is 1.34. The minimum Gasteiger partial charge on any atom is -0.497 e. The number of Topliss-reactive ketones (excluding diaryl/α,β-unsaturated/α-hetero) is 1. The number of methoxy groups -OCH3 is 1. The number of ether oxygens (including phenoxy) is 2. The van der Waals surface area contributed by atoms with E-state index in [0.29, 0.717) is 11.3 Å². The van der Waals surface area contributed by atoms with Crippen LogP contribution >= 0.6 is 0 Å². The van der Waals surface area contributed by atoms with Gasteiger partial charge in [-0.2, -0.15) is 0 Å². The van der Waals surface area contributed by atoms with E-state index in [1.54, 1.807) is 36.4 Å². The van der Waals surface area contributed by atoms with Gasteiger partial charge in [0.15, 0.2) is 24.0 Å². The highest BCUT2D eigenvalue weighted by Gasteiger charge is 2.10. The first-order valence-electron chi connectivity index (χ1n) is 6.16. The predicted octanol–water partition coefficient (Wildman–Crippen LogP) is 3.40. The van der Waals surface area contributed by atoms with Crippen LogP contribution in [-0.2, 0) is 0 Å². The van der Waals surface area contributed by atoms with Crippen LogP contribution in [0.2, 0.25) is 0 Å². The number of carbonyl (C=O) groups excluding carboxylic acids is 1. The molecule has 4 heteroatoms. The zero-order valence-corrected chi connectivity index (χ0v) is 11.4. The van der Waals surface area contributed by atoms with E-state index >= 15 is 0 Å². The number of aryl methyl sites for hydroxylation is 1. The lowest BCUT2D eigenvalue weighted by Crippen LogP contribution is -2.12. The van der Waals surface area contributed by atoms with E-state index in [1.807, 2.05) is 6.92 Å². The molecular formula is C16H15FO3. The molecule has 3 nitrogen and oxygen atoms in total. The molecule has 0 bridgehead atoms. The summed E-state index contributed by atoms with van der Waals surface area (Å²) in [6, 6.07) is 11.3. The van der Waals surface area contributed by atoms with Crippen molar-refractivity contribution >= 4 is 5.78 Å². The SMILES string of the molecule is COc1cccc(C(=O)COc2cc(C)ccc2F)c1. The highest BCUT2D eigenvalue weighted by Crippen LogP contribution is 2.19. The fourth-order valence-electron chi connectivity index (χ4n) is 1.74. The van der Waals surface area contributed by atoms with Crippen LogP contribution in [0.5, 0.6) is 11.5 Å². The molecular weight excluding hydrogens is 259 g/mol. The number of halogens is 1. The summed E-state index contributed by atoms with van der Waals surface area (Å²) in [5, 5.41) is 0. The number of hydrogen-bond acceptors (Lipinski definition) is 3. The van der Waals surface area contributed by atoms with Crippen LogP contribution in [0.1, 0.15) is 15.9 Å². The summed E-state index contributed by atoms with van der Waals surface area (Å²) >= 11 is 0. The quantitative estimate of drug-likeness (QED) is 0.784. The molecule has 20 heavy (non-hydrogen) atoms. The van der Waals surface area contributed by atoms with Crippen molar-refractivity contribution in [1.29, 1.82) is 0 Å². The van der Waals surface area contributed by atoms with Gasteiger partial charge in [-0.3, -0.25) is 4.79 Å². The van der Waals surface area contributed by atoms with E-state index in [2.05, 4.69) is 0 Å². The molecule has 0 heterocycles. The molecule has 0 N–H and O–H groups in total. The monoisotopic (exact) mass is 274 g/mol. The van der Waals surface area contributed by atoms with Gasteiger partial charge in [-0.1, -0.05) is 18.2 Å². The molecule has 0 saturated carbocycles. The lowest BCUT2D eigenvalue weighted by atomic mass is 10.1. The Morgan fingerprint density at radius 1 is 1.20 bits per heavy atom. The minimum atomic E-state index is -0.478. The summed E-state index contributed by atoms with van der Waals surface area (Å²) in [5.74, 6) is -0.0299. The van der Waals surface area contributed by atoms with Crippen LogP contribution in [0.3, 0.4) is 0 Å². The molecule has 0 radical (unpaired) electrons. The maximum absolute atomic E-state index is 13.5. The van der Waals surface area contributed by atoms with Crippen LogP contribution in [0, 0.1) is 12.7 Å². The molecule has 0 saturated heterocycles. The van der Waals surface area contributed by atoms with E-state index < -0.39 is 5.82 Å². The highest BCUT2D eigenvalue weighted by atomic mass is 19.1. The Balaban J connectivity index is 2.06. The molecule has 104 valence electrons. The third-order valence-electron chi connectivity index (χ3n) is 2.84. The lowest BCUT2D eigenvalue weighted by molar-refractivity contribution is 0.0918. The fraction of sp³-hybridized carbons (Fsp3) is 0.188. The number of carbonyl (C=O) groups is 1. The molecule has 2 aromatic carbocycles. The molecule has 0 aromatic heterocycles. The second kappa shape index (κ2) is 6.19. The van der Waals surface area contributed by atoms with E-state index in [4.69, 9.17) is 9.47 Å². The van der Waals surface area contributed by atoms with Crippen molar-refractivity contribution in [3.8, 4) is 11.5 Å². The van der Waals surface area contributed by atoms with Crippen molar-refractivity contribution in [1.82, 2.24) is 0 Å². The Labute approximate surface area is 117 Å². The number of ketones is 1. The smallest absolute Gasteiger partial charge is 0.200 e. The van der Waals surface area contributed by atoms with Gasteiger partial charge < -0.3 is 9.47 Å². The summed E-state index contributed by atoms with van der Waals surface area (Å²) in [4.78, 5) is 12.0. The normalized spacial score (nSPS) is 10.2. The number of hydrogen-bond donors (Lipinski definition) is 0. The van der Waals surface area contributed by atoms with E-state index in [9.17, 15) is 9.18 Å². The predicted molar refractivity (Wildman–Crippen MR) is 74.0 cm³/mol. The molecule has 0 atom stereocenters. The lowest BCUT2D eigenvalue weighted by Gasteiger charge is -2.08. The van der Waals surface area contributed by atoms with Gasteiger partial charge in [0.2, 0.25) is 0 Å². The Kier molecular flexibility index (Phi) is 4.35. The fourth-order valence-corrected chi connectivity index (χ4v) is 1.74. The van der Waals surface area contributed by atoms with E-state index in [-0.39, 0.29) is 18.1 Å². The standard InChI is InChI=1S/C16H15FO3/c1-11-6-7-14(17)16(8-11)20-10-15(18)12-4-3-5-13(9-12)19-2/h3-9H,10H2,1-2H3. The molecule has 2 rings (SSSR count). The molecule has 0 aliphatic carbocycles. The summed E-state index contributed by atoms with van der Waals surface area (Å²) < 4.78 is 23.8. The second-order valence-corrected chi connectivity index (χ2v) is 4.38. The topological polar surface area (TPSA) is 35.5 Å². The van der Waals surface area contributed by atoms with Gasteiger partial charge >= 0.3 is 0 Å². The number of benzene rings is 2. The van der Waals surface area contributed by atoms with Crippen LogP contribution in [0.4, 0.5) is 4.39 Å². The van der Waals surface area contributed by atoms with Crippen molar-refractivity contribution in [2.45, 2.75) is 6.92 Å². The van der Waals surface area contributed by atoms with Crippen molar-refractivity contribution in [2.24, 2.45) is 0 Å². The van der Waals surface area contributed by atoms with E-state index in [1.165, 1.54) is 13.2 Å². The molecule has 0 aliphatic rings. The van der Waals surface area contributed by atoms with Crippen LogP contribution in [-0.4, -0.2) is 19.5 Å². The van der Waals surface area contributed by atoms with Gasteiger partial charge in [0.25, 0.3) is 0 Å². The van der Waals surface area contributed by atoms with Crippen molar-refractivity contribution in [3.05, 3.63) is 59.4 Å². The summed E-state index contributed by atoms with van der Waals surface area (Å²) in [6.07, 6.45) is 0.